The first-order valence-corrected chi connectivity index (χ1v) is 8.31. The Bertz CT molecular complexity index is 936. The molecule has 2 aromatic rings. The van der Waals surface area contributed by atoms with Crippen molar-refractivity contribution in [1.82, 2.24) is 10.6 Å². The highest BCUT2D eigenvalue weighted by Gasteiger charge is 2.26. The van der Waals surface area contributed by atoms with Crippen molar-refractivity contribution < 1.29 is 23.5 Å². The molecule has 6 nitrogen and oxygen atoms in total. The van der Waals surface area contributed by atoms with Gasteiger partial charge >= 0.3 is 0 Å². The Labute approximate surface area is 160 Å². The van der Waals surface area contributed by atoms with E-state index in [4.69, 9.17) is 21.7 Å². The number of benzene rings is 2. The summed E-state index contributed by atoms with van der Waals surface area (Å²) in [7, 11) is 1.50. The zero-order valence-electron chi connectivity index (χ0n) is 14.2. The van der Waals surface area contributed by atoms with Crippen LogP contribution in [0.2, 0.25) is 0 Å². The number of carbonyl (C=O) groups excluding carboxylic acids is 2. The summed E-state index contributed by atoms with van der Waals surface area (Å²) in [6.07, 6.45) is 1.38. The molecular weight excluding hydrogens is 371 g/mol. The van der Waals surface area contributed by atoms with Gasteiger partial charge in [-0.1, -0.05) is 18.2 Å². The zero-order chi connectivity index (χ0) is 19.4. The van der Waals surface area contributed by atoms with Crippen LogP contribution in [0.3, 0.4) is 0 Å². The van der Waals surface area contributed by atoms with E-state index < -0.39 is 11.8 Å². The Morgan fingerprint density at radius 3 is 2.48 bits per heavy atom. The van der Waals surface area contributed by atoms with Crippen LogP contribution in [0.15, 0.2) is 48.0 Å². The van der Waals surface area contributed by atoms with E-state index >= 15 is 0 Å². The summed E-state index contributed by atoms with van der Waals surface area (Å²) in [5.41, 5.74) is 0.710. The van der Waals surface area contributed by atoms with Gasteiger partial charge in [0.05, 0.1) is 7.11 Å². The monoisotopic (exact) mass is 386 g/mol. The second kappa shape index (κ2) is 7.96. The van der Waals surface area contributed by atoms with Crippen LogP contribution in [0.5, 0.6) is 11.5 Å². The van der Waals surface area contributed by atoms with E-state index in [1.54, 1.807) is 36.4 Å². The molecular formula is C19H15FN2O4S. The number of nitrogens with one attached hydrogen (secondary N) is 2. The Balaban J connectivity index is 1.92. The number of thiocarbonyl (C=S) groups is 1. The molecule has 0 atom stereocenters. The first-order chi connectivity index (χ1) is 13.0. The van der Waals surface area contributed by atoms with Gasteiger partial charge in [-0.25, -0.2) is 4.39 Å². The number of ether oxygens (including phenoxy) is 2. The number of hydrogen-bond donors (Lipinski definition) is 2. The molecule has 2 amide bonds. The van der Waals surface area contributed by atoms with Crippen LogP contribution >= 0.6 is 12.2 Å². The molecule has 0 saturated carbocycles. The van der Waals surface area contributed by atoms with Gasteiger partial charge in [-0.15, -0.1) is 0 Å². The molecule has 0 aromatic heterocycles. The van der Waals surface area contributed by atoms with Crippen LogP contribution in [0.25, 0.3) is 6.08 Å². The van der Waals surface area contributed by atoms with Crippen molar-refractivity contribution in [2.75, 3.05) is 7.11 Å². The lowest BCUT2D eigenvalue weighted by Gasteiger charge is -2.17. The van der Waals surface area contributed by atoms with Gasteiger partial charge in [0.25, 0.3) is 11.8 Å². The van der Waals surface area contributed by atoms with Crippen LogP contribution in [-0.2, 0) is 16.2 Å². The largest absolute Gasteiger partial charge is 0.497 e. The molecule has 0 bridgehead atoms. The minimum atomic E-state index is -0.611. The van der Waals surface area contributed by atoms with E-state index in [0.29, 0.717) is 22.6 Å². The maximum atomic E-state index is 13.8. The summed E-state index contributed by atoms with van der Waals surface area (Å²) in [6, 6.07) is 11.1. The zero-order valence-corrected chi connectivity index (χ0v) is 15.1. The molecule has 0 radical (unpaired) electrons. The highest BCUT2D eigenvalue weighted by molar-refractivity contribution is 7.80. The molecule has 1 aliphatic heterocycles. The molecule has 2 N–H and O–H groups in total. The van der Waals surface area contributed by atoms with Gasteiger partial charge < -0.3 is 9.47 Å². The van der Waals surface area contributed by atoms with Crippen molar-refractivity contribution in [1.29, 1.82) is 0 Å². The van der Waals surface area contributed by atoms with Crippen molar-refractivity contribution in [2.45, 2.75) is 6.61 Å². The summed E-state index contributed by atoms with van der Waals surface area (Å²) in [6.45, 7) is -0.0293. The molecule has 1 heterocycles. The third-order valence-electron chi connectivity index (χ3n) is 3.80. The van der Waals surface area contributed by atoms with Gasteiger partial charge in [0.2, 0.25) is 0 Å². The SMILES string of the molecule is COc1ccc(C=C2C(=O)NC(=S)NC2=O)c(OCc2ccccc2F)c1. The maximum absolute atomic E-state index is 13.8. The quantitative estimate of drug-likeness (QED) is 0.469. The summed E-state index contributed by atoms with van der Waals surface area (Å²) in [5.74, 6) is -0.766. The van der Waals surface area contributed by atoms with E-state index in [0.717, 1.165) is 0 Å². The first-order valence-electron chi connectivity index (χ1n) is 7.90. The summed E-state index contributed by atoms with van der Waals surface area (Å²) < 4.78 is 24.7. The molecule has 0 spiro atoms. The normalized spacial score (nSPS) is 13.7. The highest BCUT2D eigenvalue weighted by Crippen LogP contribution is 2.28. The van der Waals surface area contributed by atoms with E-state index in [-0.39, 0.29) is 23.1 Å². The molecule has 1 saturated heterocycles. The van der Waals surface area contributed by atoms with Crippen molar-refractivity contribution >= 4 is 35.2 Å². The third kappa shape index (κ3) is 4.29. The minimum Gasteiger partial charge on any atom is -0.497 e. The van der Waals surface area contributed by atoms with Gasteiger partial charge in [0.15, 0.2) is 5.11 Å². The first kappa shape index (κ1) is 18.5. The summed E-state index contributed by atoms with van der Waals surface area (Å²) in [5, 5.41) is 4.68. The highest BCUT2D eigenvalue weighted by atomic mass is 32.1. The van der Waals surface area contributed by atoms with Gasteiger partial charge in [0, 0.05) is 17.2 Å². The fourth-order valence-corrected chi connectivity index (χ4v) is 2.60. The number of methoxy groups -OCH3 is 1. The fourth-order valence-electron chi connectivity index (χ4n) is 2.42. The molecule has 0 aliphatic carbocycles. The van der Waals surface area contributed by atoms with Crippen LogP contribution in [0.1, 0.15) is 11.1 Å². The number of hydrogen-bond acceptors (Lipinski definition) is 5. The lowest BCUT2D eigenvalue weighted by molar-refractivity contribution is -0.123. The van der Waals surface area contributed by atoms with Crippen LogP contribution in [0, 0.1) is 5.82 Å². The molecule has 138 valence electrons. The predicted molar refractivity (Wildman–Crippen MR) is 101 cm³/mol. The molecule has 0 unspecified atom stereocenters. The second-order valence-corrected chi connectivity index (χ2v) is 5.99. The lowest BCUT2D eigenvalue weighted by atomic mass is 10.1. The number of carbonyl (C=O) groups is 2. The molecule has 8 heteroatoms. The van der Waals surface area contributed by atoms with Crippen LogP contribution in [-0.4, -0.2) is 24.0 Å². The van der Waals surface area contributed by atoms with Gasteiger partial charge in [-0.2, -0.15) is 0 Å². The molecule has 2 aromatic carbocycles. The topological polar surface area (TPSA) is 76.7 Å². The molecule has 3 rings (SSSR count). The van der Waals surface area contributed by atoms with Crippen molar-refractivity contribution in [3.05, 3.63) is 65.0 Å². The Morgan fingerprint density at radius 1 is 1.11 bits per heavy atom. The molecule has 27 heavy (non-hydrogen) atoms. The third-order valence-corrected chi connectivity index (χ3v) is 4.01. The Morgan fingerprint density at radius 2 is 1.81 bits per heavy atom. The average molecular weight is 386 g/mol. The van der Waals surface area contributed by atoms with E-state index in [2.05, 4.69) is 10.6 Å². The lowest BCUT2D eigenvalue weighted by Crippen LogP contribution is -2.51. The molecule has 1 fully saturated rings. The standard InChI is InChI=1S/C19H15FN2O4S/c1-25-13-7-6-11(8-14-17(23)21-19(27)22-18(14)24)16(9-13)26-10-12-4-2-3-5-15(12)20/h2-9H,10H2,1H3,(H2,21,22,23,24,27). The van der Waals surface area contributed by atoms with Crippen molar-refractivity contribution in [2.24, 2.45) is 0 Å². The smallest absolute Gasteiger partial charge is 0.263 e. The Hall–Kier alpha value is -3.26. The Kier molecular flexibility index (Phi) is 5.46. The van der Waals surface area contributed by atoms with Crippen LogP contribution < -0.4 is 20.1 Å². The van der Waals surface area contributed by atoms with E-state index in [9.17, 15) is 14.0 Å². The minimum absolute atomic E-state index is 0.0293. The van der Waals surface area contributed by atoms with Crippen molar-refractivity contribution in [3.8, 4) is 11.5 Å². The summed E-state index contributed by atoms with van der Waals surface area (Å²) in [4.78, 5) is 24.1. The van der Waals surface area contributed by atoms with E-state index in [1.165, 1.54) is 19.3 Å². The van der Waals surface area contributed by atoms with E-state index in [1.807, 2.05) is 0 Å². The average Bonchev–Trinajstić information content (AvgIpc) is 2.64. The van der Waals surface area contributed by atoms with Gasteiger partial charge in [-0.3, -0.25) is 20.2 Å². The second-order valence-electron chi connectivity index (χ2n) is 5.58. The number of rotatable bonds is 5. The van der Waals surface area contributed by atoms with Crippen LogP contribution in [0.4, 0.5) is 4.39 Å². The predicted octanol–water partition coefficient (Wildman–Crippen LogP) is 2.33. The van der Waals surface area contributed by atoms with Gasteiger partial charge in [0.1, 0.15) is 29.5 Å². The van der Waals surface area contributed by atoms with Crippen molar-refractivity contribution in [3.63, 3.8) is 0 Å². The fraction of sp³-hybridized carbons (Fsp3) is 0.105. The molecule has 1 aliphatic rings. The maximum Gasteiger partial charge on any atom is 0.263 e. The number of halogens is 1. The van der Waals surface area contributed by atoms with Gasteiger partial charge in [-0.05, 0) is 36.5 Å². The summed E-state index contributed by atoms with van der Waals surface area (Å²) >= 11 is 4.78. The number of amides is 2.